The topological polar surface area (TPSA) is 54.4 Å². The lowest BCUT2D eigenvalue weighted by atomic mass is 9.74. The molecule has 2 aliphatic carbocycles. The van der Waals surface area contributed by atoms with E-state index in [4.69, 9.17) is 0 Å². The number of carbonyl (C=O) groups excluding carboxylic acids is 2. The van der Waals surface area contributed by atoms with Gasteiger partial charge in [0.2, 0.25) is 0 Å². The number of fused-ring (bicyclic) bond motifs is 1. The van der Waals surface area contributed by atoms with E-state index in [1.807, 2.05) is 0 Å². The van der Waals surface area contributed by atoms with Crippen LogP contribution in [0.4, 0.5) is 0 Å². The fourth-order valence-electron chi connectivity index (χ4n) is 3.92. The van der Waals surface area contributed by atoms with Crippen LogP contribution in [0.1, 0.15) is 53.4 Å². The minimum atomic E-state index is -0.911. The number of Topliss-reactive ketones (excluding diaryl/α,β-unsaturated/α-hetero) is 2. The van der Waals surface area contributed by atoms with Crippen molar-refractivity contribution in [2.24, 2.45) is 23.2 Å². The predicted octanol–water partition coefficient (Wildman–Crippen LogP) is 2.36. The smallest absolute Gasteiger partial charge is 0.139 e. The maximum Gasteiger partial charge on any atom is 0.139 e. The van der Waals surface area contributed by atoms with Crippen LogP contribution in [-0.4, -0.2) is 22.3 Å². The molecule has 2 saturated carbocycles. The third-order valence-electron chi connectivity index (χ3n) is 5.16. The lowest BCUT2D eigenvalue weighted by Gasteiger charge is -2.33. The van der Waals surface area contributed by atoms with E-state index in [1.165, 1.54) is 0 Å². The van der Waals surface area contributed by atoms with E-state index in [0.29, 0.717) is 24.7 Å². The first-order valence-corrected chi connectivity index (χ1v) is 6.91. The van der Waals surface area contributed by atoms with Gasteiger partial charge < -0.3 is 9.90 Å². The van der Waals surface area contributed by atoms with Crippen LogP contribution in [0, 0.1) is 23.2 Å². The molecule has 0 heterocycles. The van der Waals surface area contributed by atoms with Crippen LogP contribution in [-0.2, 0) is 9.59 Å². The summed E-state index contributed by atoms with van der Waals surface area (Å²) in [6.07, 6.45) is 2.90. The molecule has 1 N–H and O–H groups in total. The van der Waals surface area contributed by atoms with Crippen molar-refractivity contribution >= 4 is 11.6 Å². The normalized spacial score (nSPS) is 39.4. The monoisotopic (exact) mass is 252 g/mol. The van der Waals surface area contributed by atoms with Crippen LogP contribution in [0.5, 0.6) is 0 Å². The van der Waals surface area contributed by atoms with Gasteiger partial charge in [0.15, 0.2) is 0 Å². The highest BCUT2D eigenvalue weighted by molar-refractivity contribution is 5.84. The second-order valence-electron chi connectivity index (χ2n) is 7.04. The van der Waals surface area contributed by atoms with Gasteiger partial charge in [0.1, 0.15) is 11.6 Å². The summed E-state index contributed by atoms with van der Waals surface area (Å²) < 4.78 is 0. The summed E-state index contributed by atoms with van der Waals surface area (Å²) in [5.74, 6) is 1.22. The van der Waals surface area contributed by atoms with E-state index in [0.717, 1.165) is 12.8 Å². The zero-order valence-electron chi connectivity index (χ0n) is 11.8. The maximum absolute atomic E-state index is 12.1. The van der Waals surface area contributed by atoms with Gasteiger partial charge in [0.05, 0.1) is 5.60 Å². The van der Waals surface area contributed by atoms with Crippen molar-refractivity contribution in [2.75, 3.05) is 0 Å². The van der Waals surface area contributed by atoms with Crippen LogP contribution in [0.3, 0.4) is 0 Å². The first-order valence-electron chi connectivity index (χ1n) is 6.91. The number of carbonyl (C=O) groups is 2. The van der Waals surface area contributed by atoms with Gasteiger partial charge in [-0.1, -0.05) is 6.92 Å². The lowest BCUT2D eigenvalue weighted by Crippen LogP contribution is -2.40. The van der Waals surface area contributed by atoms with Gasteiger partial charge in [-0.25, -0.2) is 0 Å². The molecule has 0 amide bonds. The summed E-state index contributed by atoms with van der Waals surface area (Å²) in [4.78, 5) is 23.2. The van der Waals surface area contributed by atoms with E-state index < -0.39 is 5.60 Å². The zero-order chi connectivity index (χ0) is 13.7. The molecule has 3 nitrogen and oxygen atoms in total. The zero-order valence-corrected chi connectivity index (χ0v) is 11.8. The highest BCUT2D eigenvalue weighted by Gasteiger charge is 2.65. The van der Waals surface area contributed by atoms with Gasteiger partial charge in [-0.15, -0.1) is 0 Å². The Kier molecular flexibility index (Phi) is 3.17. The molecule has 2 aliphatic rings. The summed E-state index contributed by atoms with van der Waals surface area (Å²) in [5, 5.41) is 10.1. The SMILES string of the molecule is CC(=O)CC[C@@H]1[C@H]2C[C@@H](C(C)(C)O)C(=O)C[C@@]12C. The van der Waals surface area contributed by atoms with Gasteiger partial charge in [-0.05, 0) is 50.9 Å². The van der Waals surface area contributed by atoms with Crippen LogP contribution >= 0.6 is 0 Å². The third kappa shape index (κ3) is 2.25. The molecule has 2 rings (SSSR count). The Labute approximate surface area is 109 Å². The van der Waals surface area contributed by atoms with Crippen molar-refractivity contribution in [3.8, 4) is 0 Å². The van der Waals surface area contributed by atoms with Gasteiger partial charge in [0, 0.05) is 18.8 Å². The molecule has 0 aromatic heterocycles. The van der Waals surface area contributed by atoms with E-state index in [9.17, 15) is 14.7 Å². The third-order valence-corrected chi connectivity index (χ3v) is 5.16. The first kappa shape index (κ1) is 13.7. The minimum Gasteiger partial charge on any atom is -0.390 e. The molecule has 102 valence electrons. The first-order chi connectivity index (χ1) is 8.16. The fraction of sp³-hybridized carbons (Fsp3) is 0.867. The van der Waals surface area contributed by atoms with Crippen molar-refractivity contribution in [1.29, 1.82) is 0 Å². The fourth-order valence-corrected chi connectivity index (χ4v) is 3.92. The summed E-state index contributed by atoms with van der Waals surface area (Å²) >= 11 is 0. The van der Waals surface area contributed by atoms with Gasteiger partial charge in [0.25, 0.3) is 0 Å². The van der Waals surface area contributed by atoms with Crippen LogP contribution in [0.2, 0.25) is 0 Å². The molecule has 0 aromatic carbocycles. The van der Waals surface area contributed by atoms with E-state index in [-0.39, 0.29) is 22.9 Å². The Morgan fingerprint density at radius 2 is 2.11 bits per heavy atom. The van der Waals surface area contributed by atoms with Gasteiger partial charge in [-0.2, -0.15) is 0 Å². The number of hydrogen-bond donors (Lipinski definition) is 1. The Morgan fingerprint density at radius 1 is 1.50 bits per heavy atom. The second-order valence-corrected chi connectivity index (χ2v) is 7.04. The van der Waals surface area contributed by atoms with Crippen LogP contribution < -0.4 is 0 Å². The van der Waals surface area contributed by atoms with Gasteiger partial charge in [-0.3, -0.25) is 4.79 Å². The van der Waals surface area contributed by atoms with Crippen molar-refractivity contribution in [3.63, 3.8) is 0 Å². The quantitative estimate of drug-likeness (QED) is 0.835. The second kappa shape index (κ2) is 4.16. The molecule has 0 spiro atoms. The molecule has 2 fully saturated rings. The molecule has 0 aromatic rings. The Morgan fingerprint density at radius 3 is 2.61 bits per heavy atom. The molecule has 0 radical (unpaired) electrons. The molecular weight excluding hydrogens is 228 g/mol. The van der Waals surface area contributed by atoms with Crippen molar-refractivity contribution < 1.29 is 14.7 Å². The molecule has 0 aliphatic heterocycles. The van der Waals surface area contributed by atoms with Crippen LogP contribution in [0.25, 0.3) is 0 Å². The molecule has 0 bridgehead atoms. The summed E-state index contributed by atoms with van der Waals surface area (Å²) in [7, 11) is 0. The molecule has 0 saturated heterocycles. The summed E-state index contributed by atoms with van der Waals surface area (Å²) in [6.45, 7) is 7.25. The molecule has 0 unspecified atom stereocenters. The van der Waals surface area contributed by atoms with E-state index in [1.54, 1.807) is 20.8 Å². The van der Waals surface area contributed by atoms with Crippen LogP contribution in [0.15, 0.2) is 0 Å². The standard InChI is InChI=1S/C15H24O3/c1-9(16)5-6-10-11-7-12(14(2,3)18)13(17)8-15(10,11)4/h10-12,18H,5-8H2,1-4H3/t10-,11-,12-,15+/m1/s1. The summed E-state index contributed by atoms with van der Waals surface area (Å²) in [5.41, 5.74) is -0.805. The minimum absolute atomic E-state index is 0.105. The molecule has 18 heavy (non-hydrogen) atoms. The Bertz CT molecular complexity index is 380. The number of ketones is 2. The Balaban J connectivity index is 2.03. The Hall–Kier alpha value is -0.700. The van der Waals surface area contributed by atoms with E-state index >= 15 is 0 Å². The van der Waals surface area contributed by atoms with Crippen molar-refractivity contribution in [2.45, 2.75) is 59.0 Å². The van der Waals surface area contributed by atoms with Crippen molar-refractivity contribution in [1.82, 2.24) is 0 Å². The predicted molar refractivity (Wildman–Crippen MR) is 69.0 cm³/mol. The molecule has 4 atom stereocenters. The molecule has 3 heteroatoms. The highest BCUT2D eigenvalue weighted by Crippen LogP contribution is 2.68. The summed E-state index contributed by atoms with van der Waals surface area (Å²) in [6, 6.07) is 0. The number of aliphatic hydroxyl groups is 1. The largest absolute Gasteiger partial charge is 0.390 e. The van der Waals surface area contributed by atoms with Crippen molar-refractivity contribution in [3.05, 3.63) is 0 Å². The maximum atomic E-state index is 12.1. The lowest BCUT2D eigenvalue weighted by molar-refractivity contribution is -0.134. The van der Waals surface area contributed by atoms with E-state index in [2.05, 4.69) is 6.92 Å². The average molecular weight is 252 g/mol. The van der Waals surface area contributed by atoms with Gasteiger partial charge >= 0.3 is 0 Å². The highest BCUT2D eigenvalue weighted by atomic mass is 16.3. The number of hydrogen-bond acceptors (Lipinski definition) is 3. The number of rotatable bonds is 4. The molecular formula is C15H24O3. The average Bonchev–Trinajstić information content (AvgIpc) is 2.75.